The molecule has 0 spiro atoms. The molecular formula is C25H22ClFN2O3S. The Morgan fingerprint density at radius 2 is 2.12 bits per heavy atom. The Morgan fingerprint density at radius 3 is 2.88 bits per heavy atom. The van der Waals surface area contributed by atoms with Gasteiger partial charge in [0.2, 0.25) is 0 Å². The minimum Gasteiger partial charge on any atom is -0.497 e. The Hall–Kier alpha value is -2.77. The topological polar surface area (TPSA) is 59.0 Å². The highest BCUT2D eigenvalue weighted by Crippen LogP contribution is 2.38. The number of amides is 2. The molecule has 0 bridgehead atoms. The number of benzene rings is 1. The number of carbonyl (C=O) groups excluding carboxylic acids is 2. The molecule has 1 aromatic heterocycles. The molecular weight excluding hydrogens is 463 g/mol. The number of rotatable bonds is 5. The van der Waals surface area contributed by atoms with Crippen molar-refractivity contribution in [1.82, 2.24) is 4.90 Å². The summed E-state index contributed by atoms with van der Waals surface area (Å²) in [5, 5.41) is 0.993. The summed E-state index contributed by atoms with van der Waals surface area (Å²) < 4.78 is 19.6. The maximum absolute atomic E-state index is 13.7. The Kier molecular flexibility index (Phi) is 5.93. The Morgan fingerprint density at radius 1 is 1.33 bits per heavy atom. The lowest BCUT2D eigenvalue weighted by molar-refractivity contribution is -0.114. The first-order valence-electron chi connectivity index (χ1n) is 10.9. The van der Waals surface area contributed by atoms with E-state index in [1.54, 1.807) is 24.2 Å². The third-order valence-electron chi connectivity index (χ3n) is 6.37. The van der Waals surface area contributed by atoms with E-state index in [2.05, 4.69) is 4.99 Å². The fourth-order valence-electron chi connectivity index (χ4n) is 4.63. The number of ether oxygens (including phenoxy) is 1. The second-order valence-electron chi connectivity index (χ2n) is 8.43. The number of nitrogens with zero attached hydrogens (tertiary/aromatic N) is 2. The zero-order valence-electron chi connectivity index (χ0n) is 18.0. The summed E-state index contributed by atoms with van der Waals surface area (Å²) in [4.78, 5) is 32.9. The molecule has 0 N–H and O–H groups in total. The molecule has 2 amide bonds. The fourth-order valence-corrected chi connectivity index (χ4v) is 6.13. The summed E-state index contributed by atoms with van der Waals surface area (Å²) in [6.45, 7) is 0.170. The zero-order valence-corrected chi connectivity index (χ0v) is 19.6. The van der Waals surface area contributed by atoms with Crippen molar-refractivity contribution in [1.29, 1.82) is 0 Å². The molecule has 5 nitrogen and oxygen atoms in total. The van der Waals surface area contributed by atoms with Gasteiger partial charge in [-0.1, -0.05) is 36.6 Å². The van der Waals surface area contributed by atoms with Crippen molar-refractivity contribution in [3.8, 4) is 0 Å². The van der Waals surface area contributed by atoms with Crippen LogP contribution in [0.4, 0.5) is 4.39 Å². The lowest BCUT2D eigenvalue weighted by atomic mass is 9.92. The lowest BCUT2D eigenvalue weighted by Gasteiger charge is -2.30. The van der Waals surface area contributed by atoms with Crippen molar-refractivity contribution in [2.24, 2.45) is 10.9 Å². The normalized spacial score (nSPS) is 20.4. The maximum atomic E-state index is 13.7. The van der Waals surface area contributed by atoms with Gasteiger partial charge in [-0.15, -0.1) is 11.3 Å². The van der Waals surface area contributed by atoms with Crippen molar-refractivity contribution >= 4 is 50.5 Å². The summed E-state index contributed by atoms with van der Waals surface area (Å²) in [6, 6.07) is 4.35. The van der Waals surface area contributed by atoms with Crippen LogP contribution in [0.15, 0.2) is 58.8 Å². The number of thiophene rings is 1. The summed E-state index contributed by atoms with van der Waals surface area (Å²) in [5.74, 6) is -0.424. The molecule has 1 atom stereocenters. The molecule has 2 aliphatic carbocycles. The molecule has 1 fully saturated rings. The summed E-state index contributed by atoms with van der Waals surface area (Å²) in [7, 11) is 1.57. The van der Waals surface area contributed by atoms with Crippen LogP contribution in [0.5, 0.6) is 0 Å². The van der Waals surface area contributed by atoms with Crippen molar-refractivity contribution in [3.63, 3.8) is 0 Å². The van der Waals surface area contributed by atoms with E-state index < -0.39 is 0 Å². The molecule has 5 rings (SSSR count). The third kappa shape index (κ3) is 4.15. The van der Waals surface area contributed by atoms with Gasteiger partial charge < -0.3 is 9.64 Å². The van der Waals surface area contributed by atoms with Gasteiger partial charge in [0.05, 0.1) is 24.4 Å². The Bertz CT molecular complexity index is 1270. The van der Waals surface area contributed by atoms with Gasteiger partial charge in [-0.3, -0.25) is 9.59 Å². The second kappa shape index (κ2) is 8.88. The summed E-state index contributed by atoms with van der Waals surface area (Å²) in [5.41, 5.74) is 1.13. The first-order valence-corrected chi connectivity index (χ1v) is 12.1. The number of methoxy groups -OCH3 is 1. The van der Waals surface area contributed by atoms with E-state index >= 15 is 0 Å². The molecule has 2 heterocycles. The SMILES string of the molecule is COC1=CC2=NC(=O)C(CN(C(=O)c3sc4cc(F)ccc4c3Cl)C3CCCC3)=CC2C=C1. The highest BCUT2D eigenvalue weighted by Gasteiger charge is 2.33. The van der Waals surface area contributed by atoms with Crippen LogP contribution >= 0.6 is 22.9 Å². The number of carbonyl (C=O) groups is 2. The maximum Gasteiger partial charge on any atom is 0.274 e. The highest BCUT2D eigenvalue weighted by atomic mass is 35.5. The molecule has 0 radical (unpaired) electrons. The fraction of sp³-hybridized carbons (Fsp3) is 0.320. The zero-order chi connectivity index (χ0) is 23.1. The van der Waals surface area contributed by atoms with Gasteiger partial charge in [0.25, 0.3) is 11.8 Å². The van der Waals surface area contributed by atoms with Crippen LogP contribution < -0.4 is 0 Å². The van der Waals surface area contributed by atoms with Crippen LogP contribution in [0.2, 0.25) is 5.02 Å². The largest absolute Gasteiger partial charge is 0.497 e. The smallest absolute Gasteiger partial charge is 0.274 e. The van der Waals surface area contributed by atoms with E-state index in [1.165, 1.54) is 23.5 Å². The molecule has 3 aliphatic rings. The Labute approximate surface area is 199 Å². The van der Waals surface area contributed by atoms with Gasteiger partial charge in [-0.2, -0.15) is 0 Å². The number of halogens is 2. The first-order chi connectivity index (χ1) is 15.9. The number of hydrogen-bond acceptors (Lipinski definition) is 4. The molecule has 1 saturated carbocycles. The second-order valence-corrected chi connectivity index (χ2v) is 9.86. The minimum atomic E-state index is -0.370. The number of hydrogen-bond donors (Lipinski definition) is 0. The van der Waals surface area contributed by atoms with Gasteiger partial charge in [-0.25, -0.2) is 9.38 Å². The third-order valence-corrected chi connectivity index (χ3v) is 8.02. The number of aliphatic imine (C=N–C) groups is 1. The first kappa shape index (κ1) is 22.0. The quantitative estimate of drug-likeness (QED) is 0.546. The van der Waals surface area contributed by atoms with Crippen LogP contribution in [0.25, 0.3) is 10.1 Å². The van der Waals surface area contributed by atoms with E-state index in [4.69, 9.17) is 16.3 Å². The summed E-state index contributed by atoms with van der Waals surface area (Å²) in [6.07, 6.45) is 11.2. The van der Waals surface area contributed by atoms with Crippen LogP contribution in [-0.4, -0.2) is 42.1 Å². The van der Waals surface area contributed by atoms with Crippen LogP contribution in [0.3, 0.4) is 0 Å². The van der Waals surface area contributed by atoms with Gasteiger partial charge in [0.15, 0.2) is 0 Å². The van der Waals surface area contributed by atoms with Crippen LogP contribution in [0, 0.1) is 11.7 Å². The van der Waals surface area contributed by atoms with E-state index in [-0.39, 0.29) is 36.1 Å². The Balaban J connectivity index is 1.46. The van der Waals surface area contributed by atoms with Crippen molar-refractivity contribution < 1.29 is 18.7 Å². The van der Waals surface area contributed by atoms with Gasteiger partial charge in [0, 0.05) is 33.7 Å². The van der Waals surface area contributed by atoms with Crippen LogP contribution in [-0.2, 0) is 9.53 Å². The van der Waals surface area contributed by atoms with Gasteiger partial charge in [0.1, 0.15) is 16.5 Å². The van der Waals surface area contributed by atoms with E-state index in [0.717, 1.165) is 25.7 Å². The monoisotopic (exact) mass is 484 g/mol. The molecule has 170 valence electrons. The standard InChI is InChI=1S/C25H22ClFN2O3S/c1-32-18-8-6-14-10-15(24(30)28-20(14)12-18)13-29(17-4-2-3-5-17)25(31)23-22(26)19-9-7-16(27)11-21(19)33-23/h6-12,14,17H,2-5,13H2,1H3. The van der Waals surface area contributed by atoms with Gasteiger partial charge >= 0.3 is 0 Å². The molecule has 1 unspecified atom stereocenters. The number of fused-ring (bicyclic) bond motifs is 2. The van der Waals surface area contributed by atoms with Crippen molar-refractivity contribution in [2.45, 2.75) is 31.7 Å². The van der Waals surface area contributed by atoms with E-state index in [0.29, 0.717) is 37.0 Å². The highest BCUT2D eigenvalue weighted by molar-refractivity contribution is 7.21. The molecule has 8 heteroatoms. The number of dihydropyridines is 1. The summed E-state index contributed by atoms with van der Waals surface area (Å²) >= 11 is 7.74. The average Bonchev–Trinajstić information content (AvgIpc) is 3.45. The van der Waals surface area contributed by atoms with Crippen molar-refractivity contribution in [2.75, 3.05) is 13.7 Å². The predicted octanol–water partition coefficient (Wildman–Crippen LogP) is 5.70. The van der Waals surface area contributed by atoms with Crippen LogP contribution in [0.1, 0.15) is 35.4 Å². The molecule has 1 aliphatic heterocycles. The molecule has 2 aromatic rings. The lowest BCUT2D eigenvalue weighted by Crippen LogP contribution is -2.41. The molecule has 0 saturated heterocycles. The minimum absolute atomic E-state index is 0.0245. The van der Waals surface area contributed by atoms with E-state index in [1.807, 2.05) is 18.2 Å². The van der Waals surface area contributed by atoms with Crippen molar-refractivity contribution in [3.05, 3.63) is 69.6 Å². The molecule has 33 heavy (non-hydrogen) atoms. The molecule has 1 aromatic carbocycles. The van der Waals surface area contributed by atoms with E-state index in [9.17, 15) is 14.0 Å². The average molecular weight is 485 g/mol. The van der Waals surface area contributed by atoms with Gasteiger partial charge in [-0.05, 0) is 37.1 Å². The number of allylic oxidation sites excluding steroid dienone is 4. The predicted molar refractivity (Wildman–Crippen MR) is 128 cm³/mol.